The van der Waals surface area contributed by atoms with Gasteiger partial charge in [0.05, 0.1) is 0 Å². The fourth-order valence-corrected chi connectivity index (χ4v) is 3.44. The average molecular weight is 239 g/mol. The molecule has 1 aliphatic carbocycles. The van der Waals surface area contributed by atoms with E-state index in [9.17, 15) is 0 Å². The van der Waals surface area contributed by atoms with Crippen molar-refractivity contribution in [2.24, 2.45) is 11.3 Å². The zero-order valence-electron chi connectivity index (χ0n) is 12.1. The van der Waals surface area contributed by atoms with Crippen LogP contribution in [0.3, 0.4) is 0 Å². The van der Waals surface area contributed by atoms with Crippen LogP contribution in [0.4, 0.5) is 0 Å². The summed E-state index contributed by atoms with van der Waals surface area (Å²) in [6.07, 6.45) is 4.20. The predicted octanol–water partition coefficient (Wildman–Crippen LogP) is 2.05. The monoisotopic (exact) mass is 239 g/mol. The molecule has 1 heterocycles. The Morgan fingerprint density at radius 1 is 1.12 bits per heavy atom. The van der Waals surface area contributed by atoms with Gasteiger partial charge >= 0.3 is 0 Å². The van der Waals surface area contributed by atoms with Crippen molar-refractivity contribution in [3.05, 3.63) is 0 Å². The average Bonchev–Trinajstić information content (AvgIpc) is 2.05. The molecule has 17 heavy (non-hydrogen) atoms. The van der Waals surface area contributed by atoms with Gasteiger partial charge in [0.15, 0.2) is 0 Å². The predicted molar refractivity (Wildman–Crippen MR) is 72.7 cm³/mol. The van der Waals surface area contributed by atoms with Crippen molar-refractivity contribution in [3.8, 4) is 0 Å². The Bertz CT molecular complexity index is 267. The molecule has 3 N–H and O–H groups in total. The van der Waals surface area contributed by atoms with Crippen molar-refractivity contribution in [2.75, 3.05) is 6.54 Å². The highest BCUT2D eigenvalue weighted by atomic mass is 15.3. The van der Waals surface area contributed by atoms with E-state index in [1.807, 2.05) is 0 Å². The highest BCUT2D eigenvalue weighted by molar-refractivity contribution is 4.95. The van der Waals surface area contributed by atoms with Crippen molar-refractivity contribution >= 4 is 0 Å². The Hall–Kier alpha value is -0.120. The number of hydrogen-bond acceptors (Lipinski definition) is 3. The van der Waals surface area contributed by atoms with Crippen LogP contribution in [-0.2, 0) is 0 Å². The van der Waals surface area contributed by atoms with E-state index in [4.69, 9.17) is 0 Å². The third-order valence-electron chi connectivity index (χ3n) is 3.89. The van der Waals surface area contributed by atoms with Crippen LogP contribution < -0.4 is 16.0 Å². The lowest BCUT2D eigenvalue weighted by atomic mass is 9.78. The van der Waals surface area contributed by atoms with Crippen LogP contribution >= 0.6 is 0 Å². The molecule has 3 nitrogen and oxygen atoms in total. The first-order valence-corrected chi connectivity index (χ1v) is 7.02. The van der Waals surface area contributed by atoms with Crippen LogP contribution in [0.1, 0.15) is 53.9 Å². The maximum atomic E-state index is 3.71. The van der Waals surface area contributed by atoms with Gasteiger partial charge in [0.2, 0.25) is 0 Å². The van der Waals surface area contributed by atoms with Crippen molar-refractivity contribution in [1.29, 1.82) is 0 Å². The Kier molecular flexibility index (Phi) is 3.54. The van der Waals surface area contributed by atoms with Gasteiger partial charge in [-0.1, -0.05) is 20.8 Å². The molecular weight excluding hydrogens is 210 g/mol. The molecule has 1 saturated heterocycles. The smallest absolute Gasteiger partial charge is 0.112 e. The van der Waals surface area contributed by atoms with Crippen LogP contribution in [0.5, 0.6) is 0 Å². The van der Waals surface area contributed by atoms with Crippen LogP contribution in [0.15, 0.2) is 0 Å². The van der Waals surface area contributed by atoms with Gasteiger partial charge in [-0.25, -0.2) is 0 Å². The lowest BCUT2D eigenvalue weighted by Gasteiger charge is -2.48. The fourth-order valence-electron chi connectivity index (χ4n) is 3.44. The minimum atomic E-state index is 0.166. The number of fused-ring (bicyclic) bond motifs is 1. The quantitative estimate of drug-likeness (QED) is 0.705. The molecule has 3 atom stereocenters. The van der Waals surface area contributed by atoms with Gasteiger partial charge in [0, 0.05) is 18.1 Å². The lowest BCUT2D eigenvalue weighted by Crippen LogP contribution is -2.69. The maximum absolute atomic E-state index is 3.71. The van der Waals surface area contributed by atoms with E-state index in [-0.39, 0.29) is 11.8 Å². The highest BCUT2D eigenvalue weighted by Gasteiger charge is 2.37. The van der Waals surface area contributed by atoms with Gasteiger partial charge in [-0.3, -0.25) is 16.0 Å². The molecule has 3 heteroatoms. The standard InChI is InChI=1S/C14H29N3/c1-13(2,3)9-14(4,5)17-12-15-8-10-6-7-11(10)16-12/h10-12,15-17H,6-9H2,1-5H3/t10-,11?,12?/m1/s1. The minimum Gasteiger partial charge on any atom is -0.289 e. The SMILES string of the molecule is CC(C)(C)CC(C)(C)NC1NC[C@H]2CCC2N1. The molecule has 1 aliphatic heterocycles. The second-order valence-corrected chi connectivity index (χ2v) is 7.72. The van der Waals surface area contributed by atoms with E-state index in [0.717, 1.165) is 12.0 Å². The molecule has 2 rings (SSSR count). The molecule has 2 unspecified atom stereocenters. The largest absolute Gasteiger partial charge is 0.289 e. The van der Waals surface area contributed by atoms with Crippen LogP contribution in [0.25, 0.3) is 0 Å². The second kappa shape index (κ2) is 4.52. The summed E-state index contributed by atoms with van der Waals surface area (Å²) in [5, 5.41) is 11.0. The molecule has 0 aromatic carbocycles. The van der Waals surface area contributed by atoms with Crippen LogP contribution in [0.2, 0.25) is 0 Å². The topological polar surface area (TPSA) is 36.1 Å². The van der Waals surface area contributed by atoms with Gasteiger partial charge < -0.3 is 0 Å². The summed E-state index contributed by atoms with van der Waals surface area (Å²) in [4.78, 5) is 0. The zero-order chi connectivity index (χ0) is 12.7. The first-order valence-electron chi connectivity index (χ1n) is 7.02. The Balaban J connectivity index is 1.83. The molecule has 0 bridgehead atoms. The van der Waals surface area contributed by atoms with E-state index in [2.05, 4.69) is 50.6 Å². The normalized spacial score (nSPS) is 34.1. The second-order valence-electron chi connectivity index (χ2n) is 7.72. The molecule has 2 aliphatic rings. The Labute approximate surface area is 106 Å². The van der Waals surface area contributed by atoms with Gasteiger partial charge in [-0.05, 0) is 44.4 Å². The van der Waals surface area contributed by atoms with Crippen molar-refractivity contribution in [2.45, 2.75) is 71.8 Å². The van der Waals surface area contributed by atoms with Gasteiger partial charge in [0.25, 0.3) is 0 Å². The summed E-state index contributed by atoms with van der Waals surface area (Å²) in [6, 6.07) is 0.749. The number of rotatable bonds is 3. The molecule has 0 radical (unpaired) electrons. The summed E-state index contributed by atoms with van der Waals surface area (Å²) in [6.45, 7) is 12.7. The molecular formula is C14H29N3. The van der Waals surface area contributed by atoms with E-state index in [1.54, 1.807) is 0 Å². The third kappa shape index (κ3) is 3.67. The fraction of sp³-hybridized carbons (Fsp3) is 1.00. The van der Waals surface area contributed by atoms with Crippen LogP contribution in [-0.4, -0.2) is 24.4 Å². The lowest BCUT2D eigenvalue weighted by molar-refractivity contribution is 0.0884. The zero-order valence-corrected chi connectivity index (χ0v) is 12.1. The summed E-state index contributed by atoms with van der Waals surface area (Å²) in [5.74, 6) is 0.874. The van der Waals surface area contributed by atoms with E-state index in [1.165, 1.54) is 25.8 Å². The van der Waals surface area contributed by atoms with Gasteiger partial charge in [0.1, 0.15) is 6.29 Å². The molecule has 0 spiro atoms. The molecule has 0 aromatic rings. The number of nitrogens with one attached hydrogen (secondary N) is 3. The molecule has 1 saturated carbocycles. The Morgan fingerprint density at radius 2 is 1.82 bits per heavy atom. The summed E-state index contributed by atoms with van der Waals surface area (Å²) >= 11 is 0. The summed E-state index contributed by atoms with van der Waals surface area (Å²) in [5.41, 5.74) is 0.531. The summed E-state index contributed by atoms with van der Waals surface area (Å²) < 4.78 is 0. The molecule has 100 valence electrons. The highest BCUT2D eigenvalue weighted by Crippen LogP contribution is 2.30. The molecule has 2 fully saturated rings. The maximum Gasteiger partial charge on any atom is 0.112 e. The first-order chi connectivity index (χ1) is 7.75. The van der Waals surface area contributed by atoms with Crippen molar-refractivity contribution in [1.82, 2.24) is 16.0 Å². The van der Waals surface area contributed by atoms with Crippen molar-refractivity contribution < 1.29 is 0 Å². The van der Waals surface area contributed by atoms with Crippen LogP contribution in [0, 0.1) is 11.3 Å². The van der Waals surface area contributed by atoms with Gasteiger partial charge in [-0.15, -0.1) is 0 Å². The van der Waals surface area contributed by atoms with E-state index >= 15 is 0 Å². The summed E-state index contributed by atoms with van der Waals surface area (Å²) in [7, 11) is 0. The van der Waals surface area contributed by atoms with Gasteiger partial charge in [-0.2, -0.15) is 0 Å². The van der Waals surface area contributed by atoms with Crippen molar-refractivity contribution in [3.63, 3.8) is 0 Å². The minimum absolute atomic E-state index is 0.166. The first kappa shape index (κ1) is 13.3. The molecule has 0 aromatic heterocycles. The molecule has 0 amide bonds. The third-order valence-corrected chi connectivity index (χ3v) is 3.89. The number of hydrogen-bond donors (Lipinski definition) is 3. The Morgan fingerprint density at radius 3 is 2.29 bits per heavy atom. The van der Waals surface area contributed by atoms with E-state index < -0.39 is 0 Å². The van der Waals surface area contributed by atoms with E-state index in [0.29, 0.717) is 5.41 Å².